The summed E-state index contributed by atoms with van der Waals surface area (Å²) >= 11 is 0. The monoisotopic (exact) mass is 273 g/mol. The maximum Gasteiger partial charge on any atom is 0.209 e. The minimum absolute atomic E-state index is 0.315. The van der Waals surface area contributed by atoms with Crippen molar-refractivity contribution in [1.82, 2.24) is 4.72 Å². The summed E-state index contributed by atoms with van der Waals surface area (Å²) in [6.45, 7) is 4.21. The van der Waals surface area contributed by atoms with Crippen LogP contribution in [0.2, 0.25) is 0 Å². The van der Waals surface area contributed by atoms with Crippen LogP contribution < -0.4 is 14.2 Å². The highest BCUT2D eigenvalue weighted by Crippen LogP contribution is 2.30. The van der Waals surface area contributed by atoms with Gasteiger partial charge in [0.1, 0.15) is 0 Å². The van der Waals surface area contributed by atoms with Gasteiger partial charge in [-0.1, -0.05) is 6.07 Å². The van der Waals surface area contributed by atoms with E-state index in [0.717, 1.165) is 11.8 Å². The van der Waals surface area contributed by atoms with Gasteiger partial charge >= 0.3 is 0 Å². The molecule has 0 unspecified atom stereocenters. The lowest BCUT2D eigenvalue weighted by atomic mass is 10.1. The molecular weight excluding hydrogens is 254 g/mol. The summed E-state index contributed by atoms with van der Waals surface area (Å²) < 4.78 is 35.5. The molecule has 1 N–H and O–H groups in total. The van der Waals surface area contributed by atoms with Crippen molar-refractivity contribution in [3.05, 3.63) is 23.8 Å². The summed E-state index contributed by atoms with van der Waals surface area (Å²) in [5.74, 6) is 1.24. The van der Waals surface area contributed by atoms with Gasteiger partial charge in [-0.2, -0.15) is 0 Å². The summed E-state index contributed by atoms with van der Waals surface area (Å²) in [6.07, 6.45) is 1.13. The normalized spacial score (nSPS) is 13.1. The van der Waals surface area contributed by atoms with Crippen LogP contribution in [0.1, 0.15) is 25.5 Å². The van der Waals surface area contributed by atoms with Crippen molar-refractivity contribution < 1.29 is 17.9 Å². The number of benzene rings is 1. The molecule has 1 aromatic rings. The predicted molar refractivity (Wildman–Crippen MR) is 70.6 cm³/mol. The van der Waals surface area contributed by atoms with Gasteiger partial charge in [-0.3, -0.25) is 0 Å². The molecule has 0 aliphatic heterocycles. The van der Waals surface area contributed by atoms with E-state index in [1.807, 2.05) is 13.0 Å². The highest BCUT2D eigenvalue weighted by molar-refractivity contribution is 7.88. The van der Waals surface area contributed by atoms with E-state index in [1.54, 1.807) is 26.2 Å². The molecule has 102 valence electrons. The quantitative estimate of drug-likeness (QED) is 0.857. The molecule has 1 rings (SSSR count). The number of hydrogen-bond acceptors (Lipinski definition) is 4. The molecule has 0 saturated carbocycles. The third kappa shape index (κ3) is 4.19. The van der Waals surface area contributed by atoms with E-state index in [-0.39, 0.29) is 6.04 Å². The fraction of sp³-hybridized carbons (Fsp3) is 0.500. The second-order valence-corrected chi connectivity index (χ2v) is 5.74. The van der Waals surface area contributed by atoms with Crippen LogP contribution in [0.5, 0.6) is 11.5 Å². The summed E-state index contributed by atoms with van der Waals surface area (Å²) in [7, 11) is -1.68. The van der Waals surface area contributed by atoms with Crippen molar-refractivity contribution in [3.63, 3.8) is 0 Å². The van der Waals surface area contributed by atoms with E-state index in [1.165, 1.54) is 0 Å². The first-order valence-corrected chi connectivity index (χ1v) is 7.54. The maximum atomic E-state index is 11.2. The minimum Gasteiger partial charge on any atom is -0.493 e. The Morgan fingerprint density at radius 1 is 1.33 bits per heavy atom. The zero-order chi connectivity index (χ0) is 13.8. The molecule has 6 heteroatoms. The largest absolute Gasteiger partial charge is 0.493 e. The molecular formula is C12H19NO4S. The first-order valence-electron chi connectivity index (χ1n) is 5.65. The highest BCUT2D eigenvalue weighted by atomic mass is 32.2. The number of nitrogens with one attached hydrogen (secondary N) is 1. The maximum absolute atomic E-state index is 11.2. The highest BCUT2D eigenvalue weighted by Gasteiger charge is 2.13. The van der Waals surface area contributed by atoms with Gasteiger partial charge in [0.2, 0.25) is 10.0 Å². The molecule has 1 aromatic carbocycles. The molecule has 0 aromatic heterocycles. The van der Waals surface area contributed by atoms with Crippen LogP contribution in [0.4, 0.5) is 0 Å². The first-order chi connectivity index (χ1) is 8.37. The third-order valence-corrected chi connectivity index (χ3v) is 3.16. The summed E-state index contributed by atoms with van der Waals surface area (Å²) in [6, 6.07) is 5.05. The molecule has 0 amide bonds. The van der Waals surface area contributed by atoms with Gasteiger partial charge in [0.15, 0.2) is 11.5 Å². The molecule has 0 aliphatic rings. The average Bonchev–Trinajstić information content (AvgIpc) is 2.27. The van der Waals surface area contributed by atoms with Crippen molar-refractivity contribution in [1.29, 1.82) is 0 Å². The predicted octanol–water partition coefficient (Wildman–Crippen LogP) is 1.70. The van der Waals surface area contributed by atoms with Crippen LogP contribution in [-0.4, -0.2) is 28.4 Å². The fourth-order valence-electron chi connectivity index (χ4n) is 1.62. The van der Waals surface area contributed by atoms with Crippen molar-refractivity contribution in [3.8, 4) is 11.5 Å². The number of hydrogen-bond donors (Lipinski definition) is 1. The van der Waals surface area contributed by atoms with Gasteiger partial charge < -0.3 is 9.47 Å². The summed E-state index contributed by atoms with van der Waals surface area (Å²) in [5, 5.41) is 0. The topological polar surface area (TPSA) is 64.6 Å². The smallest absolute Gasteiger partial charge is 0.209 e. The van der Waals surface area contributed by atoms with Gasteiger partial charge in [0, 0.05) is 6.04 Å². The number of methoxy groups -OCH3 is 1. The molecule has 0 fully saturated rings. The first kappa shape index (κ1) is 14.8. The Kier molecular flexibility index (Phi) is 4.98. The number of ether oxygens (including phenoxy) is 2. The Bertz CT molecular complexity index is 499. The van der Waals surface area contributed by atoms with Crippen LogP contribution in [0.25, 0.3) is 0 Å². The molecule has 1 atom stereocenters. The second kappa shape index (κ2) is 6.06. The molecule has 18 heavy (non-hydrogen) atoms. The zero-order valence-corrected chi connectivity index (χ0v) is 11.9. The van der Waals surface area contributed by atoms with Crippen molar-refractivity contribution in [2.75, 3.05) is 20.0 Å². The minimum atomic E-state index is -3.23. The number of rotatable bonds is 6. The zero-order valence-electron chi connectivity index (χ0n) is 11.1. The molecule has 5 nitrogen and oxygen atoms in total. The molecule has 0 heterocycles. The summed E-state index contributed by atoms with van der Waals surface area (Å²) in [5.41, 5.74) is 0.820. The van der Waals surface area contributed by atoms with Crippen molar-refractivity contribution >= 4 is 10.0 Å². The van der Waals surface area contributed by atoms with Crippen LogP contribution >= 0.6 is 0 Å². The van der Waals surface area contributed by atoms with Gasteiger partial charge in [0.05, 0.1) is 20.0 Å². The van der Waals surface area contributed by atoms with Crippen molar-refractivity contribution in [2.24, 2.45) is 0 Å². The molecule has 0 spiro atoms. The Morgan fingerprint density at radius 2 is 2.00 bits per heavy atom. The van der Waals surface area contributed by atoms with Gasteiger partial charge in [-0.15, -0.1) is 0 Å². The Balaban J connectivity index is 2.97. The third-order valence-electron chi connectivity index (χ3n) is 2.38. The van der Waals surface area contributed by atoms with E-state index in [2.05, 4.69) is 4.72 Å². The molecule has 0 saturated heterocycles. The molecule has 0 radical (unpaired) electrons. The van der Waals surface area contributed by atoms with E-state index in [0.29, 0.717) is 18.1 Å². The van der Waals surface area contributed by atoms with E-state index in [9.17, 15) is 8.42 Å². The Hall–Kier alpha value is -1.27. The van der Waals surface area contributed by atoms with E-state index < -0.39 is 10.0 Å². The van der Waals surface area contributed by atoms with E-state index >= 15 is 0 Å². The lowest BCUT2D eigenvalue weighted by Gasteiger charge is -2.15. The summed E-state index contributed by atoms with van der Waals surface area (Å²) in [4.78, 5) is 0. The molecule has 0 aliphatic carbocycles. The van der Waals surface area contributed by atoms with Crippen LogP contribution in [0, 0.1) is 0 Å². The van der Waals surface area contributed by atoms with Crippen LogP contribution in [-0.2, 0) is 10.0 Å². The molecule has 0 bridgehead atoms. The Labute approximate surface area is 108 Å². The van der Waals surface area contributed by atoms with Gasteiger partial charge in [0.25, 0.3) is 0 Å². The standard InChI is InChI=1S/C12H19NO4S/c1-5-17-11-7-6-10(8-12(11)16-3)9(2)13-18(4,14)15/h6-9,13H,5H2,1-4H3/t9-/m0/s1. The lowest BCUT2D eigenvalue weighted by Crippen LogP contribution is -2.25. The lowest BCUT2D eigenvalue weighted by molar-refractivity contribution is 0.310. The Morgan fingerprint density at radius 3 is 2.50 bits per heavy atom. The van der Waals surface area contributed by atoms with Crippen molar-refractivity contribution in [2.45, 2.75) is 19.9 Å². The second-order valence-electron chi connectivity index (χ2n) is 3.96. The average molecular weight is 273 g/mol. The van der Waals surface area contributed by atoms with Crippen LogP contribution in [0.3, 0.4) is 0 Å². The van der Waals surface area contributed by atoms with E-state index in [4.69, 9.17) is 9.47 Å². The fourth-order valence-corrected chi connectivity index (χ4v) is 2.40. The van der Waals surface area contributed by atoms with Gasteiger partial charge in [-0.25, -0.2) is 13.1 Å². The number of sulfonamides is 1. The van der Waals surface area contributed by atoms with Crippen LogP contribution in [0.15, 0.2) is 18.2 Å². The van der Waals surface area contributed by atoms with Gasteiger partial charge in [-0.05, 0) is 31.5 Å². The SMILES string of the molecule is CCOc1ccc([C@H](C)NS(C)(=O)=O)cc1OC.